The topological polar surface area (TPSA) is 59.4 Å². The molecule has 1 heterocycles. The van der Waals surface area contributed by atoms with Crippen LogP contribution < -0.4 is 0 Å². The molecule has 0 aliphatic heterocycles. The molecule has 76 valence electrons. The van der Waals surface area contributed by atoms with E-state index in [2.05, 4.69) is 9.72 Å². The number of rotatable bonds is 4. The molecule has 0 amide bonds. The Morgan fingerprint density at radius 2 is 2.29 bits per heavy atom. The minimum atomic E-state index is -4.17. The number of nitrogens with zero attached hydrogens (tertiary/aromatic N) is 1. The monoisotopic (exact) mass is 203 g/mol. The minimum Gasteiger partial charge on any atom is -0.475 e. The lowest BCUT2D eigenvalue weighted by Gasteiger charge is -2.10. The van der Waals surface area contributed by atoms with Crippen LogP contribution in [0.2, 0.25) is 0 Å². The van der Waals surface area contributed by atoms with Gasteiger partial charge in [0.2, 0.25) is 0 Å². The standard InChI is InChI=1S/C8H7F2NO3/c9-8(10,7(12)13)14-5-6-3-1-2-4-11-6/h1-4H,5H2,(H,12,13). The van der Waals surface area contributed by atoms with Crippen molar-refractivity contribution < 1.29 is 23.4 Å². The smallest absolute Gasteiger partial charge is 0.456 e. The van der Waals surface area contributed by atoms with E-state index >= 15 is 0 Å². The summed E-state index contributed by atoms with van der Waals surface area (Å²) in [6.45, 7) is -0.542. The van der Waals surface area contributed by atoms with Gasteiger partial charge in [0.15, 0.2) is 0 Å². The molecular weight excluding hydrogens is 196 g/mol. The molecule has 0 aromatic carbocycles. The molecule has 0 aliphatic rings. The summed E-state index contributed by atoms with van der Waals surface area (Å²) in [5.74, 6) is -2.31. The molecule has 0 unspecified atom stereocenters. The Morgan fingerprint density at radius 1 is 1.57 bits per heavy atom. The maximum absolute atomic E-state index is 12.4. The van der Waals surface area contributed by atoms with Crippen LogP contribution in [0, 0.1) is 0 Å². The number of halogens is 2. The van der Waals surface area contributed by atoms with Crippen molar-refractivity contribution in [3.8, 4) is 0 Å². The van der Waals surface area contributed by atoms with Crippen LogP contribution in [0.15, 0.2) is 24.4 Å². The summed E-state index contributed by atoms with van der Waals surface area (Å²) in [7, 11) is 0. The normalized spacial score (nSPS) is 11.3. The van der Waals surface area contributed by atoms with E-state index in [0.29, 0.717) is 0 Å². The average Bonchev–Trinajstić information content (AvgIpc) is 2.16. The van der Waals surface area contributed by atoms with Gasteiger partial charge in [0.05, 0.1) is 12.3 Å². The zero-order valence-corrected chi connectivity index (χ0v) is 6.98. The Balaban J connectivity index is 2.53. The first-order valence-corrected chi connectivity index (χ1v) is 3.67. The van der Waals surface area contributed by atoms with E-state index in [4.69, 9.17) is 5.11 Å². The molecule has 0 bridgehead atoms. The third kappa shape index (κ3) is 2.74. The number of ether oxygens (including phenoxy) is 1. The van der Waals surface area contributed by atoms with Gasteiger partial charge in [-0.25, -0.2) is 4.79 Å². The predicted octanol–water partition coefficient (Wildman–Crippen LogP) is 1.28. The van der Waals surface area contributed by atoms with Gasteiger partial charge in [-0.3, -0.25) is 4.98 Å². The molecule has 0 aliphatic carbocycles. The maximum atomic E-state index is 12.4. The van der Waals surface area contributed by atoms with E-state index < -0.39 is 18.7 Å². The molecule has 0 spiro atoms. The molecule has 1 rings (SSSR count). The highest BCUT2D eigenvalue weighted by atomic mass is 19.3. The number of aromatic nitrogens is 1. The number of hydrogen-bond acceptors (Lipinski definition) is 3. The first-order valence-electron chi connectivity index (χ1n) is 3.67. The van der Waals surface area contributed by atoms with Gasteiger partial charge < -0.3 is 9.84 Å². The molecule has 1 aromatic heterocycles. The Bertz CT molecular complexity index is 316. The summed E-state index contributed by atoms with van der Waals surface area (Å²) in [4.78, 5) is 13.6. The fourth-order valence-electron chi connectivity index (χ4n) is 0.710. The summed E-state index contributed by atoms with van der Waals surface area (Å²) in [5, 5.41) is 8.02. The van der Waals surface area contributed by atoms with Crippen LogP contribution in [0.1, 0.15) is 5.69 Å². The first kappa shape index (κ1) is 10.5. The molecule has 0 radical (unpaired) electrons. The van der Waals surface area contributed by atoms with E-state index in [0.717, 1.165) is 0 Å². The van der Waals surface area contributed by atoms with Crippen LogP contribution in [-0.2, 0) is 16.1 Å². The predicted molar refractivity (Wildman–Crippen MR) is 41.6 cm³/mol. The Labute approximate surface area is 78.1 Å². The first-order chi connectivity index (χ1) is 6.52. The zero-order chi connectivity index (χ0) is 10.6. The van der Waals surface area contributed by atoms with Gasteiger partial charge in [-0.15, -0.1) is 0 Å². The number of alkyl halides is 2. The van der Waals surface area contributed by atoms with Crippen molar-refractivity contribution in [2.45, 2.75) is 12.7 Å². The van der Waals surface area contributed by atoms with Crippen molar-refractivity contribution >= 4 is 5.97 Å². The lowest BCUT2D eigenvalue weighted by molar-refractivity contribution is -0.250. The molecule has 14 heavy (non-hydrogen) atoms. The molecule has 6 heteroatoms. The van der Waals surface area contributed by atoms with Crippen molar-refractivity contribution in [2.24, 2.45) is 0 Å². The van der Waals surface area contributed by atoms with Gasteiger partial charge in [0.1, 0.15) is 0 Å². The van der Waals surface area contributed by atoms with Gasteiger partial charge in [-0.05, 0) is 12.1 Å². The van der Waals surface area contributed by atoms with Crippen molar-refractivity contribution in [1.29, 1.82) is 0 Å². The molecule has 1 aromatic rings. The van der Waals surface area contributed by atoms with Crippen molar-refractivity contribution in [1.82, 2.24) is 4.98 Å². The summed E-state index contributed by atoms with van der Waals surface area (Å²) in [6.07, 6.45) is -2.77. The summed E-state index contributed by atoms with van der Waals surface area (Å²) in [6, 6.07) is 4.65. The van der Waals surface area contributed by atoms with Crippen LogP contribution in [0.4, 0.5) is 8.78 Å². The molecule has 1 N–H and O–H groups in total. The molecule has 4 nitrogen and oxygen atoms in total. The minimum absolute atomic E-state index is 0.244. The van der Waals surface area contributed by atoms with Gasteiger partial charge in [-0.1, -0.05) is 6.07 Å². The second-order valence-electron chi connectivity index (χ2n) is 2.43. The fraction of sp³-hybridized carbons (Fsp3) is 0.250. The lowest BCUT2D eigenvalue weighted by Crippen LogP contribution is -2.31. The number of carboxylic acid groups (broad SMARTS) is 1. The van der Waals surface area contributed by atoms with Gasteiger partial charge in [0, 0.05) is 6.20 Å². The molecule has 0 saturated carbocycles. The van der Waals surface area contributed by atoms with E-state index in [1.54, 1.807) is 12.1 Å². The van der Waals surface area contributed by atoms with Gasteiger partial charge in [-0.2, -0.15) is 8.78 Å². The second kappa shape index (κ2) is 4.10. The molecule has 0 atom stereocenters. The van der Waals surface area contributed by atoms with Crippen molar-refractivity contribution in [3.63, 3.8) is 0 Å². The van der Waals surface area contributed by atoms with Crippen molar-refractivity contribution in [2.75, 3.05) is 0 Å². The maximum Gasteiger partial charge on any atom is 0.456 e. The fourth-order valence-corrected chi connectivity index (χ4v) is 0.710. The van der Waals surface area contributed by atoms with Crippen molar-refractivity contribution in [3.05, 3.63) is 30.1 Å². The van der Waals surface area contributed by atoms with Gasteiger partial charge >= 0.3 is 12.1 Å². The quantitative estimate of drug-likeness (QED) is 0.800. The molecule has 0 saturated heterocycles. The average molecular weight is 203 g/mol. The Kier molecular flexibility index (Phi) is 3.08. The molecular formula is C8H7F2NO3. The highest BCUT2D eigenvalue weighted by Crippen LogP contribution is 2.16. The van der Waals surface area contributed by atoms with Crippen LogP contribution in [-0.4, -0.2) is 22.2 Å². The number of pyridine rings is 1. The number of carboxylic acids is 1. The second-order valence-corrected chi connectivity index (χ2v) is 2.43. The molecule has 0 fully saturated rings. The number of hydrogen-bond donors (Lipinski definition) is 1. The lowest BCUT2D eigenvalue weighted by atomic mass is 10.4. The third-order valence-electron chi connectivity index (χ3n) is 1.38. The Hall–Kier alpha value is -1.56. The SMILES string of the molecule is O=C(O)C(F)(F)OCc1ccccn1. The summed E-state index contributed by atoms with van der Waals surface area (Å²) in [5.41, 5.74) is 0.244. The van der Waals surface area contributed by atoms with Crippen LogP contribution in [0.5, 0.6) is 0 Å². The Morgan fingerprint density at radius 3 is 2.79 bits per heavy atom. The zero-order valence-electron chi connectivity index (χ0n) is 6.98. The van der Waals surface area contributed by atoms with E-state index in [9.17, 15) is 13.6 Å². The van der Waals surface area contributed by atoms with E-state index in [1.807, 2.05) is 0 Å². The largest absolute Gasteiger partial charge is 0.475 e. The van der Waals surface area contributed by atoms with E-state index in [1.165, 1.54) is 12.3 Å². The highest BCUT2D eigenvalue weighted by Gasteiger charge is 2.40. The third-order valence-corrected chi connectivity index (χ3v) is 1.38. The number of carbonyl (C=O) groups is 1. The van der Waals surface area contributed by atoms with Gasteiger partial charge in [0.25, 0.3) is 0 Å². The number of aliphatic carboxylic acids is 1. The van der Waals surface area contributed by atoms with Crippen LogP contribution in [0.3, 0.4) is 0 Å². The van der Waals surface area contributed by atoms with Crippen LogP contribution >= 0.6 is 0 Å². The summed E-state index contributed by atoms with van der Waals surface area (Å²) < 4.78 is 28.6. The highest BCUT2D eigenvalue weighted by molar-refractivity contribution is 5.73. The van der Waals surface area contributed by atoms with E-state index in [-0.39, 0.29) is 5.69 Å². The summed E-state index contributed by atoms with van der Waals surface area (Å²) >= 11 is 0. The van der Waals surface area contributed by atoms with Crippen LogP contribution in [0.25, 0.3) is 0 Å².